The molecule has 2 rings (SSSR count). The molecule has 1 saturated carbocycles. The van der Waals surface area contributed by atoms with Crippen LogP contribution in [0, 0.1) is 33.7 Å². The number of nitrogens with one attached hydrogen (secondary N) is 1. The van der Waals surface area contributed by atoms with E-state index < -0.39 is 47.1 Å². The number of rotatable bonds is 7. The van der Waals surface area contributed by atoms with Gasteiger partial charge in [0.15, 0.2) is 6.10 Å². The lowest BCUT2D eigenvalue weighted by atomic mass is 9.88. The Morgan fingerprint density at radius 3 is 2.75 bits per heavy atom. The van der Waals surface area contributed by atoms with Crippen LogP contribution in [0.3, 0.4) is 0 Å². The van der Waals surface area contributed by atoms with Gasteiger partial charge in [-0.15, -0.1) is 0 Å². The third-order valence-electron chi connectivity index (χ3n) is 4.80. The van der Waals surface area contributed by atoms with Crippen molar-refractivity contribution in [1.29, 1.82) is 0 Å². The Hall–Kier alpha value is -2.55. The summed E-state index contributed by atoms with van der Waals surface area (Å²) in [6, 6.07) is 3.68. The molecule has 0 bridgehead atoms. The Kier molecular flexibility index (Phi) is 7.06. The predicted octanol–water partition coefficient (Wildman–Crippen LogP) is 2.86. The molecule has 28 heavy (non-hydrogen) atoms. The molecule has 0 aromatic heterocycles. The van der Waals surface area contributed by atoms with Crippen LogP contribution in [-0.2, 0) is 19.1 Å². The van der Waals surface area contributed by atoms with E-state index in [4.69, 9.17) is 16.3 Å². The van der Waals surface area contributed by atoms with E-state index >= 15 is 0 Å². The van der Waals surface area contributed by atoms with Crippen molar-refractivity contribution in [3.63, 3.8) is 0 Å². The molecule has 1 aliphatic carbocycles. The molecule has 1 aliphatic rings. The fraction of sp³-hybridized carbons (Fsp3) is 0.500. The van der Waals surface area contributed by atoms with E-state index in [0.717, 1.165) is 6.07 Å². The van der Waals surface area contributed by atoms with E-state index in [-0.39, 0.29) is 35.3 Å². The van der Waals surface area contributed by atoms with Crippen molar-refractivity contribution < 1.29 is 28.4 Å². The number of benzene rings is 1. The first-order valence-electron chi connectivity index (χ1n) is 8.68. The van der Waals surface area contributed by atoms with E-state index in [9.17, 15) is 28.9 Å². The Morgan fingerprint density at radius 1 is 1.46 bits per heavy atom. The summed E-state index contributed by atoms with van der Waals surface area (Å²) in [5.41, 5.74) is -0.122. The van der Waals surface area contributed by atoms with Gasteiger partial charge in [0.1, 0.15) is 11.6 Å². The third kappa shape index (κ3) is 5.48. The summed E-state index contributed by atoms with van der Waals surface area (Å²) in [7, 11) is 0. The number of hydrogen-bond acceptors (Lipinski definition) is 6. The lowest BCUT2D eigenvalue weighted by molar-refractivity contribution is -0.490. The number of carbonyl (C=O) groups excluding carboxylic acids is 3. The number of hydrogen-bond donors (Lipinski definition) is 1. The fourth-order valence-corrected chi connectivity index (χ4v) is 3.46. The van der Waals surface area contributed by atoms with Crippen molar-refractivity contribution in [2.24, 2.45) is 17.8 Å². The van der Waals surface area contributed by atoms with Gasteiger partial charge in [-0.05, 0) is 31.0 Å². The fourth-order valence-electron chi connectivity index (χ4n) is 3.30. The lowest BCUT2D eigenvalue weighted by Gasteiger charge is -2.18. The van der Waals surface area contributed by atoms with Crippen LogP contribution in [0.15, 0.2) is 18.2 Å². The second-order valence-electron chi connectivity index (χ2n) is 6.88. The SMILES string of the molecule is C[C@H](OC(=O)C[C@@H]1C(=O)C[C@H](C)[C@H]1C[N+](=O)[O-])C(=O)Nc1ccc(Cl)cc1F. The van der Waals surface area contributed by atoms with E-state index in [2.05, 4.69) is 5.32 Å². The van der Waals surface area contributed by atoms with Crippen LogP contribution in [0.5, 0.6) is 0 Å². The molecule has 0 heterocycles. The molecule has 0 radical (unpaired) electrons. The van der Waals surface area contributed by atoms with Gasteiger partial charge in [0.05, 0.1) is 12.1 Å². The predicted molar refractivity (Wildman–Crippen MR) is 97.8 cm³/mol. The highest BCUT2D eigenvalue weighted by Gasteiger charge is 2.44. The molecule has 10 heteroatoms. The number of nitro groups is 1. The van der Waals surface area contributed by atoms with E-state index in [1.807, 2.05) is 0 Å². The summed E-state index contributed by atoms with van der Waals surface area (Å²) in [6.45, 7) is 2.62. The Balaban J connectivity index is 1.94. The first-order valence-corrected chi connectivity index (χ1v) is 9.06. The van der Waals surface area contributed by atoms with E-state index in [1.54, 1.807) is 6.92 Å². The number of ether oxygens (including phenoxy) is 1. The summed E-state index contributed by atoms with van der Waals surface area (Å²) in [6.07, 6.45) is -1.41. The Labute approximate surface area is 165 Å². The zero-order valence-corrected chi connectivity index (χ0v) is 16.1. The minimum atomic E-state index is -1.24. The van der Waals surface area contributed by atoms with Crippen molar-refractivity contribution in [2.75, 3.05) is 11.9 Å². The van der Waals surface area contributed by atoms with Crippen molar-refractivity contribution in [3.8, 4) is 0 Å². The molecule has 0 unspecified atom stereocenters. The molecule has 1 aromatic rings. The minimum Gasteiger partial charge on any atom is -0.453 e. The van der Waals surface area contributed by atoms with Crippen LogP contribution < -0.4 is 5.32 Å². The van der Waals surface area contributed by atoms with Gasteiger partial charge in [-0.25, -0.2) is 4.39 Å². The standard InChI is InChI=1S/C18H20ClFN2O6/c1-9-5-16(23)12(13(9)8-22(26)27)7-17(24)28-10(2)18(25)21-15-4-3-11(19)6-14(15)20/h3-4,6,9-10,12-13H,5,7-8H2,1-2H3,(H,21,25)/t9-,10-,12-,13+/m0/s1. The molecule has 4 atom stereocenters. The number of Topliss-reactive ketones (excluding diaryl/α,β-unsaturated/α-hetero) is 1. The third-order valence-corrected chi connectivity index (χ3v) is 5.03. The summed E-state index contributed by atoms with van der Waals surface area (Å²) in [5, 5.41) is 13.3. The van der Waals surface area contributed by atoms with Gasteiger partial charge in [0.2, 0.25) is 6.54 Å². The highest BCUT2D eigenvalue weighted by molar-refractivity contribution is 6.30. The van der Waals surface area contributed by atoms with Crippen LogP contribution in [-0.4, -0.2) is 35.2 Å². The molecule has 0 saturated heterocycles. The number of ketones is 1. The number of amides is 1. The maximum Gasteiger partial charge on any atom is 0.307 e. The maximum atomic E-state index is 13.7. The molecule has 152 valence electrons. The Morgan fingerprint density at radius 2 is 2.14 bits per heavy atom. The van der Waals surface area contributed by atoms with Crippen LogP contribution in [0.25, 0.3) is 0 Å². The lowest BCUT2D eigenvalue weighted by Crippen LogP contribution is -2.32. The number of nitrogens with zero attached hydrogens (tertiary/aromatic N) is 1. The average Bonchev–Trinajstić information content (AvgIpc) is 2.83. The first-order chi connectivity index (χ1) is 13.1. The van der Waals surface area contributed by atoms with Crippen LogP contribution in [0.2, 0.25) is 5.02 Å². The van der Waals surface area contributed by atoms with E-state index in [0.29, 0.717) is 0 Å². The number of halogens is 2. The van der Waals surface area contributed by atoms with Gasteiger partial charge in [0, 0.05) is 28.2 Å². The van der Waals surface area contributed by atoms with Gasteiger partial charge < -0.3 is 10.1 Å². The molecule has 1 N–H and O–H groups in total. The molecular weight excluding hydrogens is 395 g/mol. The normalized spacial score (nSPS) is 22.6. The molecular formula is C18H20ClFN2O6. The highest BCUT2D eigenvalue weighted by Crippen LogP contribution is 2.36. The quantitative estimate of drug-likeness (QED) is 0.416. The second kappa shape index (κ2) is 9.09. The summed E-state index contributed by atoms with van der Waals surface area (Å²) < 4.78 is 18.8. The monoisotopic (exact) mass is 414 g/mol. The van der Waals surface area contributed by atoms with Crippen molar-refractivity contribution in [2.45, 2.75) is 32.8 Å². The minimum absolute atomic E-state index is 0.122. The van der Waals surface area contributed by atoms with Gasteiger partial charge in [0.25, 0.3) is 5.91 Å². The largest absolute Gasteiger partial charge is 0.453 e. The molecule has 0 spiro atoms. The van der Waals surface area contributed by atoms with Crippen LogP contribution >= 0.6 is 11.6 Å². The smallest absolute Gasteiger partial charge is 0.307 e. The summed E-state index contributed by atoms with van der Waals surface area (Å²) in [5.74, 6) is -4.12. The highest BCUT2D eigenvalue weighted by atomic mass is 35.5. The number of anilines is 1. The topological polar surface area (TPSA) is 116 Å². The molecule has 1 aromatic carbocycles. The maximum absolute atomic E-state index is 13.7. The molecule has 0 aliphatic heterocycles. The van der Waals surface area contributed by atoms with Crippen LogP contribution in [0.4, 0.5) is 10.1 Å². The molecule has 8 nitrogen and oxygen atoms in total. The average molecular weight is 415 g/mol. The zero-order valence-electron chi connectivity index (χ0n) is 15.3. The van der Waals surface area contributed by atoms with E-state index in [1.165, 1.54) is 19.1 Å². The summed E-state index contributed by atoms with van der Waals surface area (Å²) in [4.78, 5) is 46.6. The van der Waals surface area contributed by atoms with Crippen molar-refractivity contribution in [1.82, 2.24) is 0 Å². The summed E-state index contributed by atoms with van der Waals surface area (Å²) >= 11 is 5.64. The zero-order chi connectivity index (χ0) is 21.0. The second-order valence-corrected chi connectivity index (χ2v) is 7.32. The Bertz CT molecular complexity index is 802. The van der Waals surface area contributed by atoms with Gasteiger partial charge >= 0.3 is 5.97 Å². The van der Waals surface area contributed by atoms with Gasteiger partial charge in [-0.2, -0.15) is 0 Å². The first kappa shape index (κ1) is 21.7. The van der Waals surface area contributed by atoms with Crippen molar-refractivity contribution >= 4 is 34.9 Å². The molecule has 1 amide bonds. The van der Waals surface area contributed by atoms with Gasteiger partial charge in [-0.3, -0.25) is 24.5 Å². The van der Waals surface area contributed by atoms with Crippen LogP contribution in [0.1, 0.15) is 26.7 Å². The van der Waals surface area contributed by atoms with Gasteiger partial charge in [-0.1, -0.05) is 18.5 Å². The number of esters is 1. The molecule has 1 fully saturated rings. The number of carbonyl (C=O) groups is 3. The van der Waals surface area contributed by atoms with Crippen molar-refractivity contribution in [3.05, 3.63) is 39.2 Å².